The molecule has 3 N–H and O–H groups in total. The Bertz CT molecular complexity index is 567. The summed E-state index contributed by atoms with van der Waals surface area (Å²) in [5.74, 6) is 0.569. The van der Waals surface area contributed by atoms with Crippen molar-refractivity contribution >= 4 is 5.91 Å². The molecule has 3 aliphatic rings. The van der Waals surface area contributed by atoms with Crippen LogP contribution in [0.25, 0.3) is 0 Å². The smallest absolute Gasteiger partial charge is 0.237 e. The maximum atomic E-state index is 12.4. The number of amides is 1. The standard InChI is InChI=1S/C18H25N3O/c22-17(16-6-9-18(21-16)7-3-8-18)20-12-14-11-19-10-13-4-1-2-5-15(13)14/h1-2,4-5,14,16,19,21H,3,6-12H2,(H,20,22). The van der Waals surface area contributed by atoms with E-state index in [9.17, 15) is 4.79 Å². The first-order valence-electron chi connectivity index (χ1n) is 8.60. The van der Waals surface area contributed by atoms with Gasteiger partial charge in [0, 0.05) is 31.1 Å². The molecule has 2 atom stereocenters. The van der Waals surface area contributed by atoms with Crippen LogP contribution in [0.4, 0.5) is 0 Å². The van der Waals surface area contributed by atoms with Gasteiger partial charge in [-0.1, -0.05) is 24.3 Å². The van der Waals surface area contributed by atoms with E-state index < -0.39 is 0 Å². The molecule has 1 aliphatic carbocycles. The highest BCUT2D eigenvalue weighted by Crippen LogP contribution is 2.40. The Balaban J connectivity index is 1.34. The third-order valence-electron chi connectivity index (χ3n) is 5.74. The molecule has 1 saturated heterocycles. The highest BCUT2D eigenvalue weighted by Gasteiger charge is 2.44. The summed E-state index contributed by atoms with van der Waals surface area (Å²) >= 11 is 0. The van der Waals surface area contributed by atoms with Crippen molar-refractivity contribution in [1.29, 1.82) is 0 Å². The van der Waals surface area contributed by atoms with Gasteiger partial charge in [0.05, 0.1) is 6.04 Å². The van der Waals surface area contributed by atoms with Crippen LogP contribution in [0.3, 0.4) is 0 Å². The lowest BCUT2D eigenvalue weighted by atomic mass is 9.76. The summed E-state index contributed by atoms with van der Waals surface area (Å²) in [5, 5.41) is 10.2. The molecule has 2 fully saturated rings. The van der Waals surface area contributed by atoms with E-state index >= 15 is 0 Å². The molecule has 2 heterocycles. The van der Waals surface area contributed by atoms with E-state index in [0.29, 0.717) is 11.5 Å². The van der Waals surface area contributed by atoms with Gasteiger partial charge in [0.15, 0.2) is 0 Å². The Kier molecular flexibility index (Phi) is 3.66. The number of benzene rings is 1. The summed E-state index contributed by atoms with van der Waals surface area (Å²) in [6.45, 7) is 2.61. The van der Waals surface area contributed by atoms with Crippen molar-refractivity contribution in [3.63, 3.8) is 0 Å². The molecule has 22 heavy (non-hydrogen) atoms. The number of rotatable bonds is 3. The van der Waals surface area contributed by atoms with Crippen LogP contribution >= 0.6 is 0 Å². The third kappa shape index (κ3) is 2.55. The fourth-order valence-electron chi connectivity index (χ4n) is 4.24. The van der Waals surface area contributed by atoms with Crippen molar-refractivity contribution in [2.45, 2.75) is 56.1 Å². The van der Waals surface area contributed by atoms with Crippen LogP contribution < -0.4 is 16.0 Å². The SMILES string of the molecule is O=C(NCC1CNCc2ccccc21)C1CCC2(CCC2)N1. The molecule has 2 unspecified atom stereocenters. The van der Waals surface area contributed by atoms with Crippen molar-refractivity contribution in [1.82, 2.24) is 16.0 Å². The zero-order valence-corrected chi connectivity index (χ0v) is 13.0. The zero-order chi connectivity index (χ0) is 15.0. The molecule has 1 saturated carbocycles. The molecule has 1 amide bonds. The molecule has 1 aromatic rings. The van der Waals surface area contributed by atoms with Crippen molar-refractivity contribution in [3.8, 4) is 0 Å². The van der Waals surface area contributed by atoms with Gasteiger partial charge in [-0.3, -0.25) is 4.79 Å². The van der Waals surface area contributed by atoms with Crippen molar-refractivity contribution < 1.29 is 4.79 Å². The second-order valence-electron chi connectivity index (χ2n) is 7.14. The second-order valence-corrected chi connectivity index (χ2v) is 7.14. The Morgan fingerprint density at radius 1 is 1.27 bits per heavy atom. The van der Waals surface area contributed by atoms with E-state index in [4.69, 9.17) is 0 Å². The fraction of sp³-hybridized carbons (Fsp3) is 0.611. The van der Waals surface area contributed by atoms with E-state index in [1.807, 2.05) is 0 Å². The summed E-state index contributed by atoms with van der Waals surface area (Å²) in [5.41, 5.74) is 3.05. The Labute approximate surface area is 132 Å². The van der Waals surface area contributed by atoms with Crippen LogP contribution in [0.1, 0.15) is 49.1 Å². The molecular weight excluding hydrogens is 274 g/mol. The molecule has 4 heteroatoms. The summed E-state index contributed by atoms with van der Waals surface area (Å²) in [6.07, 6.45) is 5.96. The van der Waals surface area contributed by atoms with Gasteiger partial charge >= 0.3 is 0 Å². The van der Waals surface area contributed by atoms with Crippen molar-refractivity contribution in [2.24, 2.45) is 0 Å². The largest absolute Gasteiger partial charge is 0.354 e. The van der Waals surface area contributed by atoms with Crippen molar-refractivity contribution in [3.05, 3.63) is 35.4 Å². The molecule has 2 aliphatic heterocycles. The quantitative estimate of drug-likeness (QED) is 0.796. The predicted octanol–water partition coefficient (Wildman–Crippen LogP) is 1.66. The Morgan fingerprint density at radius 3 is 2.91 bits per heavy atom. The van der Waals surface area contributed by atoms with Crippen LogP contribution in [-0.2, 0) is 11.3 Å². The zero-order valence-electron chi connectivity index (χ0n) is 13.0. The lowest BCUT2D eigenvalue weighted by Gasteiger charge is -2.39. The first kappa shape index (κ1) is 14.2. The fourth-order valence-corrected chi connectivity index (χ4v) is 4.24. The predicted molar refractivity (Wildman–Crippen MR) is 86.6 cm³/mol. The highest BCUT2D eigenvalue weighted by atomic mass is 16.2. The number of hydrogen-bond donors (Lipinski definition) is 3. The van der Waals surface area contributed by atoms with Gasteiger partial charge in [0.2, 0.25) is 5.91 Å². The molecule has 4 nitrogen and oxygen atoms in total. The second kappa shape index (κ2) is 5.67. The van der Waals surface area contributed by atoms with Crippen LogP contribution in [0.2, 0.25) is 0 Å². The maximum absolute atomic E-state index is 12.4. The lowest BCUT2D eigenvalue weighted by Crippen LogP contribution is -2.53. The average Bonchev–Trinajstić information content (AvgIpc) is 2.98. The summed E-state index contributed by atoms with van der Waals surface area (Å²) in [6, 6.07) is 8.58. The lowest BCUT2D eigenvalue weighted by molar-refractivity contribution is -0.123. The van der Waals surface area contributed by atoms with E-state index in [2.05, 4.69) is 40.2 Å². The minimum absolute atomic E-state index is 0.0205. The normalized spacial score (nSPS) is 28.9. The molecule has 1 aromatic carbocycles. The summed E-state index contributed by atoms with van der Waals surface area (Å²) in [4.78, 5) is 12.4. The molecule has 0 aromatic heterocycles. The van der Waals surface area contributed by atoms with Gasteiger partial charge < -0.3 is 16.0 Å². The van der Waals surface area contributed by atoms with Crippen LogP contribution in [0, 0.1) is 0 Å². The minimum atomic E-state index is 0.0205. The van der Waals surface area contributed by atoms with E-state index in [0.717, 1.165) is 26.1 Å². The first-order valence-corrected chi connectivity index (χ1v) is 8.60. The van der Waals surface area contributed by atoms with E-state index in [-0.39, 0.29) is 11.9 Å². The number of carbonyl (C=O) groups excluding carboxylic acids is 1. The first-order chi connectivity index (χ1) is 10.8. The van der Waals surface area contributed by atoms with E-state index in [1.54, 1.807) is 0 Å². The summed E-state index contributed by atoms with van der Waals surface area (Å²) < 4.78 is 0. The summed E-state index contributed by atoms with van der Waals surface area (Å²) in [7, 11) is 0. The molecule has 118 valence electrons. The molecule has 0 bridgehead atoms. The van der Waals surface area contributed by atoms with Gasteiger partial charge in [-0.25, -0.2) is 0 Å². The molecule has 1 spiro atoms. The number of nitrogens with one attached hydrogen (secondary N) is 3. The molecule has 0 radical (unpaired) electrons. The highest BCUT2D eigenvalue weighted by molar-refractivity contribution is 5.82. The van der Waals surface area contributed by atoms with Crippen LogP contribution in [0.15, 0.2) is 24.3 Å². The minimum Gasteiger partial charge on any atom is -0.354 e. The Morgan fingerprint density at radius 2 is 2.14 bits per heavy atom. The number of carbonyl (C=O) groups is 1. The topological polar surface area (TPSA) is 53.2 Å². The van der Waals surface area contributed by atoms with Crippen LogP contribution in [0.5, 0.6) is 0 Å². The average molecular weight is 299 g/mol. The Hall–Kier alpha value is -1.39. The molecular formula is C18H25N3O. The van der Waals surface area contributed by atoms with Gasteiger partial charge in [0.25, 0.3) is 0 Å². The number of fused-ring (bicyclic) bond motifs is 1. The van der Waals surface area contributed by atoms with E-state index in [1.165, 1.54) is 36.8 Å². The maximum Gasteiger partial charge on any atom is 0.237 e. The van der Waals surface area contributed by atoms with Gasteiger partial charge in [-0.05, 0) is 43.2 Å². The third-order valence-corrected chi connectivity index (χ3v) is 5.74. The van der Waals surface area contributed by atoms with Gasteiger partial charge in [-0.15, -0.1) is 0 Å². The monoisotopic (exact) mass is 299 g/mol. The number of hydrogen-bond acceptors (Lipinski definition) is 3. The van der Waals surface area contributed by atoms with Crippen molar-refractivity contribution in [2.75, 3.05) is 13.1 Å². The van der Waals surface area contributed by atoms with Gasteiger partial charge in [0.1, 0.15) is 0 Å². The van der Waals surface area contributed by atoms with Gasteiger partial charge in [-0.2, -0.15) is 0 Å². The molecule has 4 rings (SSSR count). The van der Waals surface area contributed by atoms with Crippen LogP contribution in [-0.4, -0.2) is 30.6 Å².